The molecule has 0 spiro atoms. The molecule has 14 nitrogen and oxygen atoms in total. The molecule has 0 aromatic heterocycles. The van der Waals surface area contributed by atoms with Crippen LogP contribution in [0.25, 0.3) is 0 Å². The van der Waals surface area contributed by atoms with Crippen LogP contribution in [0.3, 0.4) is 0 Å². The minimum Gasteiger partial charge on any atom is -0.495 e. The summed E-state index contributed by atoms with van der Waals surface area (Å²) in [6, 6.07) is 2.57. The van der Waals surface area contributed by atoms with Gasteiger partial charge in [0.25, 0.3) is 0 Å². The third kappa shape index (κ3) is 10.1. The average Bonchev–Trinajstić information content (AvgIpc) is 3.79. The maximum atomic E-state index is 14.1. The van der Waals surface area contributed by atoms with E-state index >= 15 is 0 Å². The smallest absolute Gasteiger partial charge is 0.409 e. The summed E-state index contributed by atoms with van der Waals surface area (Å²) >= 11 is 6.76. The number of alkyl carbamates (subject to hydrolysis) is 1. The van der Waals surface area contributed by atoms with Gasteiger partial charge in [-0.1, -0.05) is 31.4 Å². The zero-order valence-electron chi connectivity index (χ0n) is 32.9. The normalized spacial score (nSPS) is 31.1. The average molecular weight is 798 g/mol. The lowest BCUT2D eigenvalue weighted by molar-refractivity contribution is -0.162. The van der Waals surface area contributed by atoms with E-state index in [4.69, 9.17) is 35.3 Å². The number of nitrogens with zero attached hydrogens (tertiary/aromatic N) is 2. The molecule has 4 bridgehead atoms. The highest BCUT2D eigenvalue weighted by molar-refractivity contribution is 8.01. The van der Waals surface area contributed by atoms with Crippen molar-refractivity contribution in [2.24, 2.45) is 11.8 Å². The number of likely N-dealkylation sites (N-methyl/N-ethyl adjacent to an activating group) is 1. The number of aliphatic hydroxyl groups is 1. The predicted molar refractivity (Wildman–Crippen MR) is 205 cm³/mol. The van der Waals surface area contributed by atoms with Crippen molar-refractivity contribution in [2.75, 3.05) is 51.5 Å². The molecule has 2 N–H and O–H groups in total. The van der Waals surface area contributed by atoms with E-state index in [0.717, 1.165) is 5.56 Å². The third-order valence-corrected chi connectivity index (χ3v) is 12.4. The Kier molecular flexibility index (Phi) is 13.8. The minimum absolute atomic E-state index is 0.0172. The molecular weight excluding hydrogens is 742 g/mol. The van der Waals surface area contributed by atoms with Crippen LogP contribution >= 0.6 is 11.6 Å². The minimum atomic E-state index is -2.31. The van der Waals surface area contributed by atoms with Crippen LogP contribution in [0.4, 0.5) is 10.5 Å². The number of rotatable bonds is 9. The lowest BCUT2D eigenvalue weighted by Crippen LogP contribution is -2.63. The Morgan fingerprint density at radius 2 is 1.91 bits per heavy atom. The van der Waals surface area contributed by atoms with E-state index in [9.17, 15) is 28.5 Å². The van der Waals surface area contributed by atoms with Gasteiger partial charge >= 0.3 is 12.1 Å². The quantitative estimate of drug-likeness (QED) is 0.145. The number of benzene rings is 1. The highest BCUT2D eigenvalue weighted by atomic mass is 35.5. The van der Waals surface area contributed by atoms with Crippen LogP contribution in [0.2, 0.25) is 5.02 Å². The molecule has 4 rings (SSSR count). The second kappa shape index (κ2) is 17.2. The van der Waals surface area contributed by atoms with Crippen molar-refractivity contribution in [1.29, 1.82) is 0 Å². The van der Waals surface area contributed by atoms with Gasteiger partial charge in [0.1, 0.15) is 34.6 Å². The summed E-state index contributed by atoms with van der Waals surface area (Å²) in [5.41, 5.74) is -1.92. The predicted octanol–water partition coefficient (Wildman–Crippen LogP) is 3.10. The summed E-state index contributed by atoms with van der Waals surface area (Å²) in [4.78, 5) is 56.4. The number of hydrogen-bond donors (Lipinski definition) is 3. The van der Waals surface area contributed by atoms with Gasteiger partial charge in [0.05, 0.1) is 25.3 Å². The molecule has 0 saturated carbocycles. The van der Waals surface area contributed by atoms with Gasteiger partial charge in [-0.3, -0.25) is 19.1 Å². The molecule has 2 saturated heterocycles. The topological polar surface area (TPSA) is 174 Å². The van der Waals surface area contributed by atoms with Crippen molar-refractivity contribution in [2.45, 2.75) is 108 Å². The number of nitrogens with one attached hydrogen (secondary N) is 1. The second-order valence-electron chi connectivity index (χ2n) is 15.5. The maximum Gasteiger partial charge on any atom is 0.409 e. The summed E-state index contributed by atoms with van der Waals surface area (Å²) < 4.78 is 41.2. The molecule has 9 atom stereocenters. The fraction of sp³-hybridized carbons (Fsp3) is 0.684. The first-order valence-corrected chi connectivity index (χ1v) is 21.3. The van der Waals surface area contributed by atoms with E-state index in [0.29, 0.717) is 36.5 Å². The second-order valence-corrected chi connectivity index (χ2v) is 19.5. The van der Waals surface area contributed by atoms with E-state index in [2.05, 4.69) is 17.2 Å². The van der Waals surface area contributed by atoms with Gasteiger partial charge in [-0.15, -0.1) is 15.9 Å². The van der Waals surface area contributed by atoms with E-state index in [1.54, 1.807) is 45.5 Å². The Bertz CT molecular complexity index is 1710. The number of carbonyl (C=O) groups is 4. The molecule has 3 aliphatic heterocycles. The number of esters is 1. The number of ether oxygens (including phenoxy) is 5. The van der Waals surface area contributed by atoms with Gasteiger partial charge < -0.3 is 38.6 Å². The molecule has 54 heavy (non-hydrogen) atoms. The Morgan fingerprint density at radius 3 is 2.54 bits per heavy atom. The number of carbonyl (C=O) groups excluding carboxylic acids is 4. The Hall–Kier alpha value is -3.42. The number of hydrogen-bond acceptors (Lipinski definition) is 11. The van der Waals surface area contributed by atoms with Gasteiger partial charge in [-0.2, -0.15) is 0 Å². The number of fused-ring (bicyclic) bond motifs is 5. The molecule has 0 radical (unpaired) electrons. The molecule has 16 heteroatoms. The van der Waals surface area contributed by atoms with Gasteiger partial charge in [0.2, 0.25) is 11.8 Å². The van der Waals surface area contributed by atoms with Crippen LogP contribution < -0.4 is 15.0 Å². The third-order valence-electron chi connectivity index (χ3n) is 10.7. The van der Waals surface area contributed by atoms with Crippen LogP contribution in [0.1, 0.15) is 65.4 Å². The van der Waals surface area contributed by atoms with Gasteiger partial charge in [0, 0.05) is 52.1 Å². The summed E-state index contributed by atoms with van der Waals surface area (Å²) in [5.74, 6) is 4.79. The summed E-state index contributed by atoms with van der Waals surface area (Å²) in [5, 5.41) is 14.4. The molecule has 1 unspecified atom stereocenters. The first kappa shape index (κ1) is 43.3. The number of methoxy groups -OCH3 is 2. The van der Waals surface area contributed by atoms with E-state index < -0.39 is 75.6 Å². The van der Waals surface area contributed by atoms with Gasteiger partial charge in [-0.25, -0.2) is 9.59 Å². The Labute approximate surface area is 324 Å². The fourth-order valence-corrected chi connectivity index (χ4v) is 8.28. The molecular formula is C38H56ClN3O11S. The number of thiol groups is 1. The Morgan fingerprint density at radius 1 is 1.22 bits per heavy atom. The molecule has 1 aromatic rings. The molecule has 302 valence electrons. The van der Waals surface area contributed by atoms with Crippen molar-refractivity contribution in [3.05, 3.63) is 22.7 Å². The van der Waals surface area contributed by atoms with Crippen molar-refractivity contribution in [3.8, 4) is 17.6 Å². The van der Waals surface area contributed by atoms with Crippen molar-refractivity contribution in [1.82, 2.24) is 10.2 Å². The van der Waals surface area contributed by atoms with Gasteiger partial charge in [-0.05, 0) is 62.8 Å². The largest absolute Gasteiger partial charge is 0.495 e. The van der Waals surface area contributed by atoms with Gasteiger partial charge in [0.15, 0.2) is 11.8 Å². The molecule has 3 amide bonds. The molecule has 3 heterocycles. The molecule has 0 aliphatic carbocycles. The summed E-state index contributed by atoms with van der Waals surface area (Å²) in [7, 11) is 3.63. The van der Waals surface area contributed by atoms with Crippen LogP contribution in [0.5, 0.6) is 5.75 Å². The lowest BCUT2D eigenvalue weighted by atomic mass is 9.83. The van der Waals surface area contributed by atoms with E-state index in [1.807, 2.05) is 6.92 Å². The first-order chi connectivity index (χ1) is 25.1. The first-order valence-electron chi connectivity index (χ1n) is 18.2. The van der Waals surface area contributed by atoms with Crippen molar-refractivity contribution >= 4 is 51.1 Å². The SMILES string of the molecule is COc1cc2cc(c1Cl)N(C)C(=O)C[C@H](OC(=O)[C@H](C)N(C)C(=O)CCC[SH](C)(C)=O)[C@@]1(C)O[C@H]1[C@H](C)[C@@H]1C[C@@](O)(NC(=O)O1)[C@H](OC)C#CCC(C)C2. The lowest BCUT2D eigenvalue weighted by Gasteiger charge is -2.41. The molecule has 2 fully saturated rings. The van der Waals surface area contributed by atoms with Crippen LogP contribution in [-0.2, 0) is 49.7 Å². The van der Waals surface area contributed by atoms with E-state index in [1.165, 1.54) is 38.0 Å². The number of anilines is 1. The van der Waals surface area contributed by atoms with Crippen LogP contribution in [-0.4, -0.2) is 126 Å². The fourth-order valence-electron chi connectivity index (χ4n) is 7.05. The van der Waals surface area contributed by atoms with E-state index in [-0.39, 0.29) is 36.1 Å². The van der Waals surface area contributed by atoms with Crippen LogP contribution in [0.15, 0.2) is 12.1 Å². The van der Waals surface area contributed by atoms with Crippen molar-refractivity contribution < 1.29 is 52.2 Å². The monoisotopic (exact) mass is 797 g/mol. The van der Waals surface area contributed by atoms with Crippen LogP contribution in [0, 0.1) is 23.7 Å². The number of halogens is 1. The summed E-state index contributed by atoms with van der Waals surface area (Å²) in [6.07, 6.45) is -0.296. The molecule has 3 aliphatic rings. The summed E-state index contributed by atoms with van der Waals surface area (Å²) in [6.45, 7) is 7.01. The zero-order valence-corrected chi connectivity index (χ0v) is 34.5. The van der Waals surface area contributed by atoms with Crippen molar-refractivity contribution in [3.63, 3.8) is 0 Å². The number of amides is 3. The number of epoxide rings is 1. The highest BCUT2D eigenvalue weighted by Crippen LogP contribution is 2.49. The molecule has 1 aromatic carbocycles. The Balaban J connectivity index is 1.71. The highest BCUT2D eigenvalue weighted by Gasteiger charge is 2.64. The zero-order chi connectivity index (χ0) is 40.3. The standard InChI is InChI=1S/C38H56ClN3O11S/c1-22-13-11-14-29(50-8)38(47)21-28(51-36(46)40-38)23(2)34-37(4,53-34)30(52-35(45)24(3)41(5)31(43)15-12-16-54(9,10)48)20-32(44)42(6)26-18-25(17-22)19-27(49-7)33(26)39/h18-19,22-24,28-30,34,47,54H,12-13,15-17,20-21H2,1-10H3,(H,40,46)/t22?,23-,24+,28+,29-,30+,34+,37-,38+/m1/s1. The maximum absolute atomic E-state index is 14.1.